The molecule has 0 bridgehead atoms. The van der Waals surface area contributed by atoms with Gasteiger partial charge in [-0.25, -0.2) is 0 Å². The molecule has 636 valence electrons. The molecule has 2 aromatic carbocycles. The van der Waals surface area contributed by atoms with Crippen LogP contribution in [0.2, 0.25) is 0 Å². The van der Waals surface area contributed by atoms with Gasteiger partial charge in [0.15, 0.2) is 35.7 Å². The maximum Gasteiger partial charge on any atom is 0.251 e. The summed E-state index contributed by atoms with van der Waals surface area (Å²) in [6, 6.07) is 20.2. The summed E-state index contributed by atoms with van der Waals surface area (Å²) in [5.41, 5.74) is 6.48. The van der Waals surface area contributed by atoms with Gasteiger partial charge in [-0.15, -0.1) is 0 Å². The average molecular weight is 1590 g/mol. The van der Waals surface area contributed by atoms with Crippen molar-refractivity contribution >= 4 is 34.9 Å². The number of rotatable bonds is 11. The first-order valence-corrected chi connectivity index (χ1v) is 48.5. The third-order valence-electron chi connectivity index (χ3n) is 39.7. The molecule has 12 heteroatoms. The van der Waals surface area contributed by atoms with Crippen LogP contribution in [-0.2, 0) is 38.1 Å². The summed E-state index contributed by atoms with van der Waals surface area (Å²) in [7, 11) is 0. The zero-order valence-corrected chi connectivity index (χ0v) is 73.3. The standard InChI is InChI=1S/2C26H37NO.2C26H38O4/c2*1-25-14-6-9-22(25)21-11-10-19-17-20(12-16-26(19,2)23(21)13-15-25)27-24(28)18-7-4-3-5-8-18;1-17(27)26(30-23-6-4-5-15-29-23)14-11-22-20-8-7-18-16-19(28)9-12-24(18,2)21(20)10-13-25(22,26)3;1-25-12-10-18(27)15-17(25)6-7-19-20-8-9-22(26(20,2)13-11-21(19)25)23(28)16-30-24-5-3-4-14-29-24/h2*3-5,7-8,19-23H,6,9-17H2,1-2H3,(H,27,28);16,20-23H,4-15H2,1-3H3;15,19-22,24H,3-14,16H2,1-2H3/t19?,20-,21?,22?,23?,25+,26+;19?,20-,21?,22?,23?,25-,26-;20?,21?,22?,23?,24-,25-,26-;19?,20?,21?,22?,24?,25-,26-/m1000/s1. The Hall–Kier alpha value is -4.62. The smallest absolute Gasteiger partial charge is 0.251 e. The van der Waals surface area contributed by atoms with Crippen molar-refractivity contribution in [2.45, 2.75) is 362 Å². The lowest BCUT2D eigenvalue weighted by Crippen LogP contribution is -2.59. The van der Waals surface area contributed by atoms with Gasteiger partial charge in [0.05, 0.1) is 0 Å². The molecule has 0 aromatic heterocycles. The summed E-state index contributed by atoms with van der Waals surface area (Å²) in [6.45, 7) is 23.5. The lowest BCUT2D eigenvalue weighted by atomic mass is 9.45. The van der Waals surface area contributed by atoms with Crippen molar-refractivity contribution in [1.29, 1.82) is 0 Å². The highest BCUT2D eigenvalue weighted by atomic mass is 16.7. The molecule has 14 saturated carbocycles. The number of nitrogens with one attached hydrogen (secondary N) is 2. The normalized spacial score (nSPS) is 46.0. The Labute approximate surface area is 698 Å². The molecule has 16 fully saturated rings. The molecule has 17 unspecified atom stereocenters. The molecule has 2 aromatic rings. The van der Waals surface area contributed by atoms with E-state index in [1.54, 1.807) is 6.92 Å². The number of hydrogen-bond acceptors (Lipinski definition) is 10. The second-order valence-electron chi connectivity index (χ2n) is 44.6. The van der Waals surface area contributed by atoms with Crippen molar-refractivity contribution in [2.75, 3.05) is 19.8 Å². The molecular weight excluding hydrogens is 1440 g/mol. The maximum absolute atomic E-state index is 13.2. The van der Waals surface area contributed by atoms with Gasteiger partial charge < -0.3 is 29.6 Å². The number of amides is 2. The fourth-order valence-electron chi connectivity index (χ4n) is 33.1. The topological polar surface area (TPSA) is 163 Å². The summed E-state index contributed by atoms with van der Waals surface area (Å²) < 4.78 is 24.1. The average Bonchev–Trinajstić information content (AvgIpc) is 1.51. The van der Waals surface area contributed by atoms with Gasteiger partial charge in [-0.3, -0.25) is 28.8 Å². The van der Waals surface area contributed by atoms with Crippen LogP contribution in [-0.4, -0.2) is 85.0 Å². The molecule has 2 N–H and O–H groups in total. The molecule has 2 amide bonds. The summed E-state index contributed by atoms with van der Waals surface area (Å²) in [6.07, 6.45) is 54.2. The summed E-state index contributed by atoms with van der Waals surface area (Å²) in [5.74, 6) is 12.8. The third-order valence-corrected chi connectivity index (χ3v) is 39.7. The van der Waals surface area contributed by atoms with Crippen molar-refractivity contribution in [3.63, 3.8) is 0 Å². The number of ether oxygens (including phenoxy) is 4. The van der Waals surface area contributed by atoms with Gasteiger partial charge >= 0.3 is 0 Å². The van der Waals surface area contributed by atoms with Crippen LogP contribution in [0.1, 0.15) is 353 Å². The minimum Gasteiger partial charge on any atom is -0.353 e. The number of carbonyl (C=O) groups excluding carboxylic acids is 6. The molecule has 16 aliphatic carbocycles. The molecule has 2 saturated heterocycles. The van der Waals surface area contributed by atoms with E-state index in [9.17, 15) is 28.8 Å². The van der Waals surface area contributed by atoms with E-state index in [0.29, 0.717) is 99.4 Å². The Kier molecular flexibility index (Phi) is 24.0. The molecule has 2 aliphatic heterocycles. The van der Waals surface area contributed by atoms with Crippen LogP contribution in [0, 0.1) is 132 Å². The Balaban J connectivity index is 0.000000111. The zero-order chi connectivity index (χ0) is 80.8. The molecule has 12 nitrogen and oxygen atoms in total. The third kappa shape index (κ3) is 15.1. The Bertz CT molecular complexity index is 3840. The first-order valence-electron chi connectivity index (χ1n) is 48.5. The van der Waals surface area contributed by atoms with Crippen molar-refractivity contribution in [2.24, 2.45) is 132 Å². The Morgan fingerprint density at radius 2 is 0.862 bits per heavy atom. The monoisotopic (exact) mass is 1590 g/mol. The van der Waals surface area contributed by atoms with E-state index < -0.39 is 5.60 Å². The van der Waals surface area contributed by atoms with Gasteiger partial charge in [0.2, 0.25) is 0 Å². The van der Waals surface area contributed by atoms with Crippen LogP contribution >= 0.6 is 0 Å². The lowest BCUT2D eigenvalue weighted by Gasteiger charge is -2.60. The van der Waals surface area contributed by atoms with Crippen molar-refractivity contribution in [3.8, 4) is 0 Å². The van der Waals surface area contributed by atoms with Gasteiger partial charge in [0, 0.05) is 60.6 Å². The van der Waals surface area contributed by atoms with Gasteiger partial charge in [-0.2, -0.15) is 0 Å². The maximum atomic E-state index is 13.2. The zero-order valence-electron chi connectivity index (χ0n) is 73.3. The fourth-order valence-corrected chi connectivity index (χ4v) is 33.1. The van der Waals surface area contributed by atoms with Gasteiger partial charge in [0.1, 0.15) is 12.2 Å². The highest BCUT2D eigenvalue weighted by molar-refractivity contribution is 5.95. The highest BCUT2D eigenvalue weighted by Gasteiger charge is 2.69. The first kappa shape index (κ1) is 83.6. The number of benzene rings is 2. The summed E-state index contributed by atoms with van der Waals surface area (Å²) in [4.78, 5) is 75.7. The number of fused-ring (bicyclic) bond motifs is 20. The minimum absolute atomic E-state index is 0.108. The highest BCUT2D eigenvalue weighted by Crippen LogP contribution is 2.72. The van der Waals surface area contributed by atoms with Crippen molar-refractivity contribution in [1.82, 2.24) is 10.6 Å². The number of allylic oxidation sites excluding steroid dienone is 2. The molecule has 116 heavy (non-hydrogen) atoms. The van der Waals surface area contributed by atoms with Gasteiger partial charge in [0.25, 0.3) is 11.8 Å². The SMILES string of the molecule is CC(=O)[C@@]1(OC2CCCCO2)CCC2C3CCC4=CC(=O)CC[C@]4(C)C3CC[C@@]21C.C[C@@]12CCCC1C1CCC3C[C@@H](NC(=O)c4ccccc4)CC[C@]3(C)C1CC2.C[C@@]12CCCC1C1CCC3C[C@H](NC(=O)c4ccccc4)CC[C@]3(C)C1CC2.C[C@]12CCC3C(CCC4=CC(=O)CC[C@@]43C)C1CCC2C(=O)COC1CCCCO1. The summed E-state index contributed by atoms with van der Waals surface area (Å²) in [5, 5.41) is 6.72. The van der Waals surface area contributed by atoms with Gasteiger partial charge in [-0.1, -0.05) is 116 Å². The van der Waals surface area contributed by atoms with E-state index in [0.717, 1.165) is 194 Å². The minimum atomic E-state index is -0.690. The van der Waals surface area contributed by atoms with Gasteiger partial charge in [-0.05, 0) is 408 Å². The molecule has 28 atom stereocenters. The quantitative estimate of drug-likeness (QED) is 0.221. The number of Topliss-reactive ketones (excluding diaryl/α,β-unsaturated/α-hetero) is 2. The molecule has 18 aliphatic rings. The second kappa shape index (κ2) is 33.2. The Morgan fingerprint density at radius 1 is 0.405 bits per heavy atom. The summed E-state index contributed by atoms with van der Waals surface area (Å²) >= 11 is 0. The predicted octanol–water partition coefficient (Wildman–Crippen LogP) is 23.1. The van der Waals surface area contributed by atoms with E-state index >= 15 is 0 Å². The second-order valence-corrected chi connectivity index (χ2v) is 44.6. The predicted molar refractivity (Wildman–Crippen MR) is 458 cm³/mol. The molecule has 0 spiro atoms. The van der Waals surface area contributed by atoms with Crippen LogP contribution in [0.15, 0.2) is 84.0 Å². The molecule has 2 heterocycles. The van der Waals surface area contributed by atoms with Crippen LogP contribution < -0.4 is 10.6 Å². The van der Waals surface area contributed by atoms with Crippen LogP contribution in [0.5, 0.6) is 0 Å². The van der Waals surface area contributed by atoms with Crippen LogP contribution in [0.3, 0.4) is 0 Å². The first-order chi connectivity index (χ1) is 55.7. The van der Waals surface area contributed by atoms with E-state index in [-0.39, 0.29) is 64.4 Å². The van der Waals surface area contributed by atoms with E-state index in [1.165, 1.54) is 146 Å². The van der Waals surface area contributed by atoms with Crippen molar-refractivity contribution in [3.05, 3.63) is 95.1 Å². The van der Waals surface area contributed by atoms with E-state index in [1.807, 2.05) is 72.8 Å². The molecule has 20 rings (SSSR count). The van der Waals surface area contributed by atoms with Crippen LogP contribution in [0.4, 0.5) is 0 Å². The van der Waals surface area contributed by atoms with Crippen LogP contribution in [0.25, 0.3) is 0 Å². The van der Waals surface area contributed by atoms with E-state index in [2.05, 4.69) is 66.0 Å². The number of ketones is 4. The van der Waals surface area contributed by atoms with E-state index in [4.69, 9.17) is 18.9 Å². The molecular formula is C104H150N2O10. The van der Waals surface area contributed by atoms with Crippen molar-refractivity contribution < 1.29 is 47.7 Å². The molecule has 0 radical (unpaired) electrons. The number of carbonyl (C=O) groups is 6. The number of hydrogen-bond donors (Lipinski definition) is 2. The Morgan fingerprint density at radius 3 is 1.36 bits per heavy atom. The lowest BCUT2D eigenvalue weighted by molar-refractivity contribution is -0.253. The largest absolute Gasteiger partial charge is 0.353 e. The fraction of sp³-hybridized carbons (Fsp3) is 0.788.